The molecule has 0 spiro atoms. The lowest BCUT2D eigenvalue weighted by Crippen LogP contribution is -2.20. The Balaban J connectivity index is 1.50. The minimum Gasteiger partial charge on any atom is -0.497 e. The van der Waals surface area contributed by atoms with Gasteiger partial charge in [0.2, 0.25) is 0 Å². The third-order valence-electron chi connectivity index (χ3n) is 5.22. The normalized spacial score (nSPS) is 11.0. The smallest absolute Gasteiger partial charge is 0.250 e. The molecule has 8 nitrogen and oxygen atoms in total. The second-order valence-corrected chi connectivity index (χ2v) is 8.70. The van der Waals surface area contributed by atoms with Crippen molar-refractivity contribution in [2.24, 2.45) is 5.10 Å². The predicted octanol–water partition coefficient (Wildman–Crippen LogP) is 4.89. The molecule has 0 aliphatic carbocycles. The number of para-hydroxylation sites is 1. The van der Waals surface area contributed by atoms with Crippen LogP contribution < -0.4 is 14.9 Å². The Morgan fingerprint density at radius 3 is 2.53 bits per heavy atom. The fourth-order valence-corrected chi connectivity index (χ4v) is 4.17. The maximum atomic E-state index is 12.5. The molecule has 4 aromatic rings. The number of nitrogens with zero attached hydrogens (tertiary/aromatic N) is 4. The van der Waals surface area contributed by atoms with Crippen LogP contribution in [0.5, 0.6) is 11.5 Å². The van der Waals surface area contributed by atoms with E-state index in [1.807, 2.05) is 91.2 Å². The number of carbonyl (C=O) groups is 1. The van der Waals surface area contributed by atoms with Gasteiger partial charge < -0.3 is 9.47 Å². The van der Waals surface area contributed by atoms with Crippen molar-refractivity contribution in [1.82, 2.24) is 20.2 Å². The molecule has 4 rings (SSSR count). The lowest BCUT2D eigenvalue weighted by atomic mass is 10.2. The number of hydrogen-bond acceptors (Lipinski definition) is 7. The number of hydrogen-bond donors (Lipinski definition) is 1. The van der Waals surface area contributed by atoms with Crippen molar-refractivity contribution in [3.63, 3.8) is 0 Å². The molecule has 1 amide bonds. The third-order valence-corrected chi connectivity index (χ3v) is 6.15. The highest BCUT2D eigenvalue weighted by atomic mass is 32.2. The first-order valence-electron chi connectivity index (χ1n) is 11.4. The first kappa shape index (κ1) is 25.0. The maximum Gasteiger partial charge on any atom is 0.250 e. The van der Waals surface area contributed by atoms with Crippen LogP contribution >= 0.6 is 11.8 Å². The summed E-state index contributed by atoms with van der Waals surface area (Å²) >= 11 is 1.29. The second-order valence-electron chi connectivity index (χ2n) is 7.76. The number of rotatable bonds is 10. The molecule has 1 aromatic heterocycles. The largest absolute Gasteiger partial charge is 0.497 e. The number of nitrogens with one attached hydrogen (secondary N) is 1. The van der Waals surface area contributed by atoms with E-state index < -0.39 is 0 Å². The standard InChI is InChI=1S/C27H27N5O3S/c1-4-35-24-8-6-5-7-21(24)17-28-29-25(33)18-36-27-31-30-26(20-11-15-23(34-3)16-12-20)32(27)22-13-9-19(2)10-14-22/h5-17H,4,18H2,1-3H3,(H,29,33)/b28-17+. The molecule has 0 fully saturated rings. The van der Waals surface area contributed by atoms with Gasteiger partial charge in [-0.1, -0.05) is 41.6 Å². The molecule has 0 aliphatic heterocycles. The van der Waals surface area contributed by atoms with E-state index in [0.29, 0.717) is 23.3 Å². The van der Waals surface area contributed by atoms with Crippen LogP contribution in [-0.4, -0.2) is 46.4 Å². The lowest BCUT2D eigenvalue weighted by Gasteiger charge is -2.11. The van der Waals surface area contributed by atoms with Crippen LogP contribution in [0.1, 0.15) is 18.1 Å². The SMILES string of the molecule is CCOc1ccccc1/C=N/NC(=O)CSc1nnc(-c2ccc(OC)cc2)n1-c1ccc(C)cc1. The van der Waals surface area contributed by atoms with Gasteiger partial charge in [-0.2, -0.15) is 5.10 Å². The van der Waals surface area contributed by atoms with Crippen molar-refractivity contribution in [1.29, 1.82) is 0 Å². The molecule has 0 unspecified atom stereocenters. The number of methoxy groups -OCH3 is 1. The highest BCUT2D eigenvalue weighted by Gasteiger charge is 2.17. The van der Waals surface area contributed by atoms with Crippen LogP contribution in [-0.2, 0) is 4.79 Å². The molecular formula is C27H27N5O3S. The van der Waals surface area contributed by atoms with Gasteiger partial charge in [-0.05, 0) is 62.4 Å². The molecule has 1 heterocycles. The molecule has 0 bridgehead atoms. The summed E-state index contributed by atoms with van der Waals surface area (Å²) in [6, 6.07) is 23.2. The topological polar surface area (TPSA) is 90.6 Å². The third kappa shape index (κ3) is 6.11. The number of amides is 1. The summed E-state index contributed by atoms with van der Waals surface area (Å²) in [6.45, 7) is 4.50. The van der Waals surface area contributed by atoms with Gasteiger partial charge in [0.15, 0.2) is 11.0 Å². The van der Waals surface area contributed by atoms with Crippen molar-refractivity contribution in [2.75, 3.05) is 19.5 Å². The van der Waals surface area contributed by atoms with Gasteiger partial charge in [0.25, 0.3) is 5.91 Å². The summed E-state index contributed by atoms with van der Waals surface area (Å²) < 4.78 is 12.8. The zero-order valence-electron chi connectivity index (χ0n) is 20.3. The van der Waals surface area contributed by atoms with E-state index >= 15 is 0 Å². The Labute approximate surface area is 214 Å². The van der Waals surface area contributed by atoms with Gasteiger partial charge in [-0.25, -0.2) is 5.43 Å². The summed E-state index contributed by atoms with van der Waals surface area (Å²) in [7, 11) is 1.63. The van der Waals surface area contributed by atoms with Crippen LogP contribution in [0.3, 0.4) is 0 Å². The number of ether oxygens (including phenoxy) is 2. The summed E-state index contributed by atoms with van der Waals surface area (Å²) in [5.74, 6) is 2.02. The average molecular weight is 502 g/mol. The van der Waals surface area contributed by atoms with Crippen molar-refractivity contribution in [3.05, 3.63) is 83.9 Å². The van der Waals surface area contributed by atoms with Crippen molar-refractivity contribution < 1.29 is 14.3 Å². The molecule has 0 radical (unpaired) electrons. The molecule has 3 aromatic carbocycles. The van der Waals surface area contributed by atoms with Crippen molar-refractivity contribution >= 4 is 23.9 Å². The second kappa shape index (κ2) is 12.0. The lowest BCUT2D eigenvalue weighted by molar-refractivity contribution is -0.118. The van der Waals surface area contributed by atoms with Crippen LogP contribution in [0.2, 0.25) is 0 Å². The fourth-order valence-electron chi connectivity index (χ4n) is 3.43. The summed E-state index contributed by atoms with van der Waals surface area (Å²) in [4.78, 5) is 12.5. The van der Waals surface area contributed by atoms with Crippen LogP contribution in [0.15, 0.2) is 83.1 Å². The molecular weight excluding hydrogens is 474 g/mol. The molecule has 0 saturated heterocycles. The van der Waals surface area contributed by atoms with E-state index in [1.165, 1.54) is 11.8 Å². The van der Waals surface area contributed by atoms with E-state index in [9.17, 15) is 4.79 Å². The highest BCUT2D eigenvalue weighted by molar-refractivity contribution is 7.99. The average Bonchev–Trinajstić information content (AvgIpc) is 3.33. The number of thioether (sulfide) groups is 1. The molecule has 36 heavy (non-hydrogen) atoms. The van der Waals surface area contributed by atoms with Crippen molar-refractivity contribution in [3.8, 4) is 28.6 Å². The summed E-state index contributed by atoms with van der Waals surface area (Å²) in [6.07, 6.45) is 1.57. The van der Waals surface area contributed by atoms with E-state index in [0.717, 1.165) is 28.1 Å². The minimum absolute atomic E-state index is 0.122. The van der Waals surface area contributed by atoms with E-state index in [-0.39, 0.29) is 11.7 Å². The van der Waals surface area contributed by atoms with Crippen LogP contribution in [0.4, 0.5) is 0 Å². The Morgan fingerprint density at radius 1 is 1.06 bits per heavy atom. The number of hydrazone groups is 1. The Hall–Kier alpha value is -4.11. The highest BCUT2D eigenvalue weighted by Crippen LogP contribution is 2.29. The minimum atomic E-state index is -0.255. The van der Waals surface area contributed by atoms with E-state index in [1.54, 1.807) is 13.3 Å². The van der Waals surface area contributed by atoms with Gasteiger partial charge in [0.05, 0.1) is 25.7 Å². The summed E-state index contributed by atoms with van der Waals surface area (Å²) in [5.41, 5.74) is 6.30. The maximum absolute atomic E-state index is 12.5. The first-order valence-corrected chi connectivity index (χ1v) is 12.4. The number of aromatic nitrogens is 3. The predicted molar refractivity (Wildman–Crippen MR) is 142 cm³/mol. The van der Waals surface area contributed by atoms with E-state index in [2.05, 4.69) is 20.7 Å². The van der Waals surface area contributed by atoms with Gasteiger partial charge in [-0.3, -0.25) is 9.36 Å². The Kier molecular flexibility index (Phi) is 8.36. The summed E-state index contributed by atoms with van der Waals surface area (Å²) in [5, 5.41) is 13.5. The van der Waals surface area contributed by atoms with Crippen LogP contribution in [0.25, 0.3) is 17.1 Å². The molecule has 0 atom stereocenters. The molecule has 0 saturated carbocycles. The first-order chi connectivity index (χ1) is 17.6. The fraction of sp³-hybridized carbons (Fsp3) is 0.185. The molecule has 184 valence electrons. The molecule has 9 heteroatoms. The van der Waals surface area contributed by atoms with E-state index in [4.69, 9.17) is 9.47 Å². The molecule has 1 N–H and O–H groups in total. The Bertz CT molecular complexity index is 1330. The van der Waals surface area contributed by atoms with Gasteiger partial charge >= 0.3 is 0 Å². The Morgan fingerprint density at radius 2 is 1.81 bits per heavy atom. The molecule has 0 aliphatic rings. The van der Waals surface area contributed by atoms with Crippen molar-refractivity contribution in [2.45, 2.75) is 19.0 Å². The monoisotopic (exact) mass is 501 g/mol. The zero-order chi connectivity index (χ0) is 25.3. The van der Waals surface area contributed by atoms with Gasteiger partial charge in [0.1, 0.15) is 11.5 Å². The number of aryl methyl sites for hydroxylation is 1. The van der Waals surface area contributed by atoms with Gasteiger partial charge in [-0.15, -0.1) is 10.2 Å². The van der Waals surface area contributed by atoms with Crippen LogP contribution in [0, 0.1) is 6.92 Å². The quantitative estimate of drug-likeness (QED) is 0.189. The number of carbonyl (C=O) groups excluding carboxylic acids is 1. The zero-order valence-corrected chi connectivity index (χ0v) is 21.2. The number of benzene rings is 3. The van der Waals surface area contributed by atoms with Gasteiger partial charge in [0, 0.05) is 16.8 Å².